The molecule has 1 aliphatic rings. The van der Waals surface area contributed by atoms with E-state index in [4.69, 9.17) is 9.84 Å². The van der Waals surface area contributed by atoms with Gasteiger partial charge in [-0.05, 0) is 34.6 Å². The average molecular weight is 439 g/mol. The quantitative estimate of drug-likeness (QED) is 0.608. The second kappa shape index (κ2) is 9.42. The van der Waals surface area contributed by atoms with Crippen molar-refractivity contribution in [3.05, 3.63) is 59.7 Å². The molecule has 0 spiro atoms. The van der Waals surface area contributed by atoms with Crippen LogP contribution in [0.4, 0.5) is 4.79 Å². The molecule has 3 N–H and O–H groups in total. The van der Waals surface area contributed by atoms with E-state index >= 15 is 0 Å². The van der Waals surface area contributed by atoms with Crippen LogP contribution in [0.1, 0.15) is 51.2 Å². The van der Waals surface area contributed by atoms with E-state index in [0.29, 0.717) is 0 Å². The summed E-state index contributed by atoms with van der Waals surface area (Å²) >= 11 is 0. The SMILES string of the molecule is C[C@H](CC(=O)O)NC(=O)C(NC(=O)OCC1c2ccccc2-c2ccccc21)C(C)(C)C. The lowest BCUT2D eigenvalue weighted by Gasteiger charge is -2.31. The van der Waals surface area contributed by atoms with Crippen molar-refractivity contribution in [2.45, 2.75) is 52.1 Å². The Morgan fingerprint density at radius 1 is 0.969 bits per heavy atom. The molecule has 7 nitrogen and oxygen atoms in total. The van der Waals surface area contributed by atoms with Gasteiger partial charge in [-0.1, -0.05) is 69.3 Å². The van der Waals surface area contributed by atoms with E-state index in [1.54, 1.807) is 6.92 Å². The summed E-state index contributed by atoms with van der Waals surface area (Å²) in [6.07, 6.45) is -0.888. The van der Waals surface area contributed by atoms with E-state index in [2.05, 4.69) is 22.8 Å². The summed E-state index contributed by atoms with van der Waals surface area (Å²) in [5, 5.41) is 14.2. The molecule has 2 atom stereocenters. The Hall–Kier alpha value is -3.35. The molecule has 2 amide bonds. The van der Waals surface area contributed by atoms with Crippen molar-refractivity contribution in [1.29, 1.82) is 0 Å². The Kier molecular flexibility index (Phi) is 6.87. The van der Waals surface area contributed by atoms with Gasteiger partial charge in [0.25, 0.3) is 0 Å². The number of carboxylic acids is 1. The van der Waals surface area contributed by atoms with Gasteiger partial charge in [0, 0.05) is 12.0 Å². The number of amides is 2. The van der Waals surface area contributed by atoms with E-state index in [-0.39, 0.29) is 18.9 Å². The molecule has 0 aliphatic heterocycles. The lowest BCUT2D eigenvalue weighted by atomic mass is 9.86. The van der Waals surface area contributed by atoms with Crippen molar-refractivity contribution < 1.29 is 24.2 Å². The number of hydrogen-bond acceptors (Lipinski definition) is 4. The molecule has 1 aliphatic carbocycles. The molecule has 7 heteroatoms. The normalized spacial score (nSPS) is 14.6. The van der Waals surface area contributed by atoms with Gasteiger partial charge in [-0.25, -0.2) is 4.79 Å². The molecule has 0 aromatic heterocycles. The van der Waals surface area contributed by atoms with Crippen LogP contribution in [0.5, 0.6) is 0 Å². The van der Waals surface area contributed by atoms with Gasteiger partial charge in [-0.15, -0.1) is 0 Å². The van der Waals surface area contributed by atoms with Crippen LogP contribution in [0.15, 0.2) is 48.5 Å². The highest BCUT2D eigenvalue weighted by molar-refractivity contribution is 5.87. The lowest BCUT2D eigenvalue weighted by molar-refractivity contribution is -0.137. The van der Waals surface area contributed by atoms with Crippen molar-refractivity contribution in [3.63, 3.8) is 0 Å². The standard InChI is InChI=1S/C25H30N2O5/c1-15(13-21(28)29)26-23(30)22(25(2,3)4)27-24(31)32-14-20-18-11-7-5-9-16(18)17-10-6-8-12-19(17)20/h5-12,15,20,22H,13-14H2,1-4H3,(H,26,30)(H,27,31)(H,28,29)/t15-,22?/m1/s1. The summed E-state index contributed by atoms with van der Waals surface area (Å²) < 4.78 is 5.56. The molecule has 32 heavy (non-hydrogen) atoms. The van der Waals surface area contributed by atoms with Crippen LogP contribution in [0, 0.1) is 5.41 Å². The van der Waals surface area contributed by atoms with Gasteiger partial charge in [0.05, 0.1) is 6.42 Å². The van der Waals surface area contributed by atoms with Crippen molar-refractivity contribution in [1.82, 2.24) is 10.6 Å². The van der Waals surface area contributed by atoms with Gasteiger partial charge in [0.2, 0.25) is 5.91 Å². The summed E-state index contributed by atoms with van der Waals surface area (Å²) in [5.41, 5.74) is 3.88. The van der Waals surface area contributed by atoms with Gasteiger partial charge in [-0.2, -0.15) is 0 Å². The van der Waals surface area contributed by atoms with Gasteiger partial charge < -0.3 is 20.5 Å². The minimum Gasteiger partial charge on any atom is -0.481 e. The number of benzene rings is 2. The fourth-order valence-corrected chi connectivity index (χ4v) is 4.07. The van der Waals surface area contributed by atoms with Crippen molar-refractivity contribution in [2.75, 3.05) is 6.61 Å². The Bertz CT molecular complexity index is 966. The van der Waals surface area contributed by atoms with E-state index < -0.39 is 35.5 Å². The van der Waals surface area contributed by atoms with Gasteiger partial charge in [0.1, 0.15) is 12.6 Å². The van der Waals surface area contributed by atoms with Crippen LogP contribution >= 0.6 is 0 Å². The fourth-order valence-electron chi connectivity index (χ4n) is 4.07. The van der Waals surface area contributed by atoms with Gasteiger partial charge in [0.15, 0.2) is 0 Å². The van der Waals surface area contributed by atoms with E-state index in [0.717, 1.165) is 22.3 Å². The molecule has 0 fully saturated rings. The number of aliphatic carboxylic acids is 1. The number of carbonyl (C=O) groups is 3. The maximum atomic E-state index is 12.7. The molecule has 170 valence electrons. The predicted molar refractivity (Wildman–Crippen MR) is 121 cm³/mol. The Balaban J connectivity index is 1.67. The summed E-state index contributed by atoms with van der Waals surface area (Å²) in [7, 11) is 0. The van der Waals surface area contributed by atoms with E-state index in [1.165, 1.54) is 0 Å². The molecular weight excluding hydrogens is 408 g/mol. The number of carboxylic acid groups (broad SMARTS) is 1. The van der Waals surface area contributed by atoms with Crippen LogP contribution in [-0.2, 0) is 14.3 Å². The minimum absolute atomic E-state index is 0.0781. The number of ether oxygens (including phenoxy) is 1. The van der Waals surface area contributed by atoms with Crippen LogP contribution in [-0.4, -0.2) is 41.8 Å². The third-order valence-electron chi connectivity index (χ3n) is 5.60. The fraction of sp³-hybridized carbons (Fsp3) is 0.400. The Labute approximate surface area is 188 Å². The molecule has 0 heterocycles. The predicted octanol–water partition coefficient (Wildman–Crippen LogP) is 3.92. The van der Waals surface area contributed by atoms with Crippen molar-refractivity contribution in [3.8, 4) is 11.1 Å². The second-order valence-corrected chi connectivity index (χ2v) is 9.28. The van der Waals surface area contributed by atoms with E-state index in [9.17, 15) is 14.4 Å². The highest BCUT2D eigenvalue weighted by Crippen LogP contribution is 2.44. The summed E-state index contributed by atoms with van der Waals surface area (Å²) in [6.45, 7) is 7.22. The number of hydrogen-bond donors (Lipinski definition) is 3. The average Bonchev–Trinajstić information content (AvgIpc) is 3.02. The Morgan fingerprint density at radius 2 is 1.50 bits per heavy atom. The number of alkyl carbamates (subject to hydrolysis) is 1. The molecule has 0 bridgehead atoms. The Morgan fingerprint density at radius 3 is 2.00 bits per heavy atom. The number of rotatable bonds is 7. The molecule has 1 unspecified atom stereocenters. The first-order valence-electron chi connectivity index (χ1n) is 10.7. The molecule has 2 aromatic rings. The smallest absolute Gasteiger partial charge is 0.407 e. The number of nitrogens with one attached hydrogen (secondary N) is 2. The van der Waals surface area contributed by atoms with Crippen LogP contribution < -0.4 is 10.6 Å². The first-order chi connectivity index (χ1) is 15.1. The summed E-state index contributed by atoms with van der Waals surface area (Å²) in [5.74, 6) is -1.53. The second-order valence-electron chi connectivity index (χ2n) is 9.28. The summed E-state index contributed by atoms with van der Waals surface area (Å²) in [6, 6.07) is 14.7. The zero-order chi connectivity index (χ0) is 23.5. The molecular formula is C25H30N2O5. The lowest BCUT2D eigenvalue weighted by Crippen LogP contribution is -2.55. The highest BCUT2D eigenvalue weighted by Gasteiger charge is 2.35. The van der Waals surface area contributed by atoms with Gasteiger partial charge >= 0.3 is 12.1 Å². The molecule has 3 rings (SSSR count). The monoisotopic (exact) mass is 438 g/mol. The number of fused-ring (bicyclic) bond motifs is 3. The number of carbonyl (C=O) groups excluding carboxylic acids is 2. The molecule has 0 radical (unpaired) electrons. The third kappa shape index (κ3) is 5.28. The third-order valence-corrected chi connectivity index (χ3v) is 5.60. The first kappa shape index (κ1) is 23.3. The van der Waals surface area contributed by atoms with Gasteiger partial charge in [-0.3, -0.25) is 9.59 Å². The molecule has 2 aromatic carbocycles. The van der Waals surface area contributed by atoms with Crippen LogP contribution in [0.3, 0.4) is 0 Å². The minimum atomic E-state index is -1.00. The highest BCUT2D eigenvalue weighted by atomic mass is 16.5. The maximum Gasteiger partial charge on any atom is 0.407 e. The first-order valence-corrected chi connectivity index (χ1v) is 10.7. The van der Waals surface area contributed by atoms with Crippen LogP contribution in [0.2, 0.25) is 0 Å². The largest absolute Gasteiger partial charge is 0.481 e. The van der Waals surface area contributed by atoms with Crippen molar-refractivity contribution in [2.24, 2.45) is 5.41 Å². The maximum absolute atomic E-state index is 12.7. The zero-order valence-corrected chi connectivity index (χ0v) is 18.8. The van der Waals surface area contributed by atoms with E-state index in [1.807, 2.05) is 57.2 Å². The van der Waals surface area contributed by atoms with Crippen LogP contribution in [0.25, 0.3) is 11.1 Å². The molecule has 0 saturated carbocycles. The zero-order valence-electron chi connectivity index (χ0n) is 18.8. The topological polar surface area (TPSA) is 105 Å². The molecule has 0 saturated heterocycles. The summed E-state index contributed by atoms with van der Waals surface area (Å²) in [4.78, 5) is 36.3. The van der Waals surface area contributed by atoms with Crippen molar-refractivity contribution >= 4 is 18.0 Å².